The molecule has 0 amide bonds. The van der Waals surface area contributed by atoms with Crippen molar-refractivity contribution in [1.29, 1.82) is 0 Å². The Morgan fingerprint density at radius 3 is 2.36 bits per heavy atom. The lowest BCUT2D eigenvalue weighted by atomic mass is 10.2. The van der Waals surface area contributed by atoms with Gasteiger partial charge in [0.15, 0.2) is 0 Å². The zero-order valence-electron chi connectivity index (χ0n) is 12.0. The van der Waals surface area contributed by atoms with Gasteiger partial charge in [-0.2, -0.15) is 0 Å². The molecule has 2 rings (SSSR count). The number of ether oxygens (including phenoxy) is 1. The molecule has 2 aromatic carbocycles. The molecule has 7 heteroatoms. The van der Waals surface area contributed by atoms with Gasteiger partial charge in [0.2, 0.25) is 0 Å². The topological polar surface area (TPSA) is 72.5 Å². The number of carbonyl (C=O) groups is 1. The molecule has 0 bridgehead atoms. The van der Waals surface area contributed by atoms with Crippen molar-refractivity contribution in [3.8, 4) is 0 Å². The molecular formula is C15H14ClNO4S. The van der Waals surface area contributed by atoms with Crippen LogP contribution in [0.3, 0.4) is 0 Å². The zero-order valence-corrected chi connectivity index (χ0v) is 13.5. The number of methoxy groups -OCH3 is 1. The third-order valence-corrected chi connectivity index (χ3v) is 4.58. The predicted molar refractivity (Wildman–Crippen MR) is 84.8 cm³/mol. The molecule has 0 saturated heterocycles. The van der Waals surface area contributed by atoms with Crippen LogP contribution in [0.2, 0.25) is 5.02 Å². The number of nitrogens with one attached hydrogen (secondary N) is 1. The highest BCUT2D eigenvalue weighted by molar-refractivity contribution is 7.92. The van der Waals surface area contributed by atoms with Crippen molar-refractivity contribution in [1.82, 2.24) is 0 Å². The number of hydrogen-bond donors (Lipinski definition) is 1. The minimum atomic E-state index is -3.83. The second kappa shape index (κ2) is 6.37. The largest absolute Gasteiger partial charge is 0.465 e. The summed E-state index contributed by atoms with van der Waals surface area (Å²) in [5.41, 5.74) is 1.10. The van der Waals surface area contributed by atoms with Crippen molar-refractivity contribution in [3.63, 3.8) is 0 Å². The number of halogens is 1. The van der Waals surface area contributed by atoms with E-state index >= 15 is 0 Å². The SMILES string of the molecule is COC(=O)c1ccc(Cl)cc1NS(=O)(=O)c1ccc(C)cc1. The van der Waals surface area contributed by atoms with Crippen LogP contribution < -0.4 is 4.72 Å². The average Bonchev–Trinajstić information content (AvgIpc) is 2.46. The maximum atomic E-state index is 12.4. The molecule has 0 atom stereocenters. The standard InChI is InChI=1S/C15H14ClNO4S/c1-10-3-6-12(7-4-10)22(19,20)17-14-9-11(16)5-8-13(14)15(18)21-2/h3-9,17H,1-2H3. The summed E-state index contributed by atoms with van der Waals surface area (Å²) < 4.78 is 31.8. The molecule has 0 aromatic heterocycles. The Morgan fingerprint density at radius 2 is 1.77 bits per heavy atom. The van der Waals surface area contributed by atoms with Gasteiger partial charge < -0.3 is 4.74 Å². The first kappa shape index (κ1) is 16.3. The van der Waals surface area contributed by atoms with Gasteiger partial charge in [-0.15, -0.1) is 0 Å². The van der Waals surface area contributed by atoms with Crippen LogP contribution >= 0.6 is 11.6 Å². The molecule has 0 heterocycles. The minimum absolute atomic E-state index is 0.0694. The van der Waals surface area contributed by atoms with Gasteiger partial charge in [-0.3, -0.25) is 4.72 Å². The maximum absolute atomic E-state index is 12.4. The van der Waals surface area contributed by atoms with Crippen LogP contribution in [-0.4, -0.2) is 21.5 Å². The number of carbonyl (C=O) groups excluding carboxylic acids is 1. The van der Waals surface area contributed by atoms with Crippen LogP contribution in [-0.2, 0) is 14.8 Å². The van der Waals surface area contributed by atoms with E-state index in [1.807, 2.05) is 6.92 Å². The van der Waals surface area contributed by atoms with E-state index in [-0.39, 0.29) is 16.1 Å². The summed E-state index contributed by atoms with van der Waals surface area (Å²) in [5.74, 6) is -0.654. The normalized spacial score (nSPS) is 11.0. The van der Waals surface area contributed by atoms with Gasteiger partial charge in [-0.1, -0.05) is 29.3 Å². The molecule has 22 heavy (non-hydrogen) atoms. The lowest BCUT2D eigenvalue weighted by Crippen LogP contribution is -2.16. The molecule has 0 unspecified atom stereocenters. The first-order valence-corrected chi connectivity index (χ1v) is 8.17. The molecule has 0 saturated carbocycles. The molecule has 0 spiro atoms. The summed E-state index contributed by atoms with van der Waals surface area (Å²) in [6.45, 7) is 1.86. The first-order chi connectivity index (χ1) is 10.3. The fraction of sp³-hybridized carbons (Fsp3) is 0.133. The number of esters is 1. The van der Waals surface area contributed by atoms with Crippen molar-refractivity contribution in [2.24, 2.45) is 0 Å². The van der Waals surface area contributed by atoms with E-state index in [2.05, 4.69) is 9.46 Å². The van der Waals surface area contributed by atoms with Gasteiger partial charge in [-0.05, 0) is 37.3 Å². The van der Waals surface area contributed by atoms with Crippen LogP contribution in [0.15, 0.2) is 47.4 Å². The molecule has 0 aliphatic rings. The van der Waals surface area contributed by atoms with Gasteiger partial charge in [-0.25, -0.2) is 13.2 Å². The Labute approximate surface area is 133 Å². The Morgan fingerprint density at radius 1 is 1.14 bits per heavy atom. The summed E-state index contributed by atoms with van der Waals surface area (Å²) in [4.78, 5) is 11.8. The minimum Gasteiger partial charge on any atom is -0.465 e. The van der Waals surface area contributed by atoms with Crippen LogP contribution in [0.25, 0.3) is 0 Å². The maximum Gasteiger partial charge on any atom is 0.339 e. The number of hydrogen-bond acceptors (Lipinski definition) is 4. The highest BCUT2D eigenvalue weighted by atomic mass is 35.5. The first-order valence-electron chi connectivity index (χ1n) is 6.31. The molecule has 2 aromatic rings. The van der Waals surface area contributed by atoms with E-state index < -0.39 is 16.0 Å². The van der Waals surface area contributed by atoms with Crippen LogP contribution in [0, 0.1) is 6.92 Å². The van der Waals surface area contributed by atoms with Crippen LogP contribution in [0.1, 0.15) is 15.9 Å². The van der Waals surface area contributed by atoms with E-state index in [0.717, 1.165) is 5.56 Å². The van der Waals surface area contributed by atoms with Crippen LogP contribution in [0.4, 0.5) is 5.69 Å². The fourth-order valence-corrected chi connectivity index (χ4v) is 3.05. The van der Waals surface area contributed by atoms with Gasteiger partial charge in [0.25, 0.3) is 10.0 Å². The number of aryl methyl sites for hydroxylation is 1. The Hall–Kier alpha value is -2.05. The van der Waals surface area contributed by atoms with Gasteiger partial charge >= 0.3 is 5.97 Å². The summed E-state index contributed by atoms with van der Waals surface area (Å²) in [7, 11) is -2.61. The van der Waals surface area contributed by atoms with Gasteiger partial charge in [0.05, 0.1) is 23.3 Å². The monoisotopic (exact) mass is 339 g/mol. The average molecular weight is 340 g/mol. The summed E-state index contributed by atoms with van der Waals surface area (Å²) >= 11 is 5.87. The predicted octanol–water partition coefficient (Wildman–Crippen LogP) is 3.24. The molecule has 1 N–H and O–H groups in total. The third kappa shape index (κ3) is 3.58. The summed E-state index contributed by atoms with van der Waals surface area (Å²) in [5, 5.41) is 0.300. The highest BCUT2D eigenvalue weighted by Crippen LogP contribution is 2.25. The van der Waals surface area contributed by atoms with Crippen molar-refractivity contribution < 1.29 is 17.9 Å². The molecule has 116 valence electrons. The Bertz CT molecular complexity index is 801. The lowest BCUT2D eigenvalue weighted by Gasteiger charge is -2.12. The summed E-state index contributed by atoms with van der Waals surface area (Å²) in [6, 6.07) is 10.6. The third-order valence-electron chi connectivity index (χ3n) is 2.96. The Balaban J connectivity index is 2.43. The van der Waals surface area contributed by atoms with Crippen molar-refractivity contribution in [3.05, 3.63) is 58.6 Å². The molecule has 0 fully saturated rings. The summed E-state index contributed by atoms with van der Waals surface area (Å²) in [6.07, 6.45) is 0. The lowest BCUT2D eigenvalue weighted by molar-refractivity contribution is 0.0602. The van der Waals surface area contributed by atoms with E-state index in [4.69, 9.17) is 11.6 Å². The second-order valence-electron chi connectivity index (χ2n) is 4.60. The highest BCUT2D eigenvalue weighted by Gasteiger charge is 2.19. The second-order valence-corrected chi connectivity index (χ2v) is 6.72. The molecule has 0 aliphatic carbocycles. The number of rotatable bonds is 4. The smallest absolute Gasteiger partial charge is 0.339 e. The molecule has 0 aliphatic heterocycles. The quantitative estimate of drug-likeness (QED) is 0.868. The van der Waals surface area contributed by atoms with Gasteiger partial charge in [0.1, 0.15) is 0 Å². The van der Waals surface area contributed by atoms with Gasteiger partial charge in [0, 0.05) is 5.02 Å². The van der Waals surface area contributed by atoms with Crippen LogP contribution in [0.5, 0.6) is 0 Å². The van der Waals surface area contributed by atoms with E-state index in [1.165, 1.54) is 37.4 Å². The number of anilines is 1. The fourth-order valence-electron chi connectivity index (χ4n) is 1.81. The number of sulfonamides is 1. The zero-order chi connectivity index (χ0) is 16.3. The van der Waals surface area contributed by atoms with E-state index in [1.54, 1.807) is 12.1 Å². The molecule has 5 nitrogen and oxygen atoms in total. The van der Waals surface area contributed by atoms with Crippen molar-refractivity contribution in [2.45, 2.75) is 11.8 Å². The van der Waals surface area contributed by atoms with Crippen molar-refractivity contribution >= 4 is 33.3 Å². The van der Waals surface area contributed by atoms with E-state index in [0.29, 0.717) is 5.02 Å². The van der Waals surface area contributed by atoms with Crippen molar-refractivity contribution in [2.75, 3.05) is 11.8 Å². The number of benzene rings is 2. The Kier molecular flexibility index (Phi) is 4.73. The molecule has 0 radical (unpaired) electrons. The molecular weight excluding hydrogens is 326 g/mol. The van der Waals surface area contributed by atoms with E-state index in [9.17, 15) is 13.2 Å².